The molecule has 0 atom stereocenters. The van der Waals surface area contributed by atoms with Crippen molar-refractivity contribution >= 4 is 21.6 Å². The summed E-state index contributed by atoms with van der Waals surface area (Å²) in [6.45, 7) is -0.506. The molecule has 0 heterocycles. The molecule has 0 aromatic heterocycles. The Kier molecular flexibility index (Phi) is 5.07. The minimum atomic E-state index is -4.13. The molecular formula is C15H14F2N2O3S. The smallest absolute Gasteiger partial charge is 0.246 e. The number of hydrogen-bond donors (Lipinski definition) is 1. The molecule has 0 fully saturated rings. The summed E-state index contributed by atoms with van der Waals surface area (Å²) in [6.07, 6.45) is 0. The van der Waals surface area contributed by atoms with Crippen molar-refractivity contribution < 1.29 is 22.0 Å². The molecule has 1 N–H and O–H groups in total. The summed E-state index contributed by atoms with van der Waals surface area (Å²) in [5.74, 6) is -1.97. The number of sulfonamides is 1. The van der Waals surface area contributed by atoms with Gasteiger partial charge in [-0.2, -0.15) is 4.31 Å². The lowest BCUT2D eigenvalue weighted by Crippen LogP contribution is -2.35. The highest BCUT2D eigenvalue weighted by atomic mass is 32.2. The van der Waals surface area contributed by atoms with E-state index in [1.54, 1.807) is 0 Å². The van der Waals surface area contributed by atoms with Crippen LogP contribution < -0.4 is 5.32 Å². The van der Waals surface area contributed by atoms with Gasteiger partial charge in [-0.25, -0.2) is 17.2 Å². The lowest BCUT2D eigenvalue weighted by atomic mass is 10.3. The Hall–Kier alpha value is -2.32. The third kappa shape index (κ3) is 4.11. The van der Waals surface area contributed by atoms with Crippen molar-refractivity contribution in [3.05, 3.63) is 60.2 Å². The molecule has 0 saturated carbocycles. The van der Waals surface area contributed by atoms with E-state index < -0.39 is 39.0 Å². The normalized spacial score (nSPS) is 11.5. The molecule has 23 heavy (non-hydrogen) atoms. The van der Waals surface area contributed by atoms with Crippen molar-refractivity contribution in [2.45, 2.75) is 4.90 Å². The third-order valence-electron chi connectivity index (χ3n) is 3.02. The molecule has 8 heteroatoms. The van der Waals surface area contributed by atoms with E-state index >= 15 is 0 Å². The highest BCUT2D eigenvalue weighted by Gasteiger charge is 2.25. The fourth-order valence-electron chi connectivity index (χ4n) is 1.84. The standard InChI is InChI=1S/C15H14F2N2O3S/c1-19(23(21,22)14-5-3-2-4-13(14)17)10-15(20)18-12-8-6-11(16)7-9-12/h2-9H,10H2,1H3,(H,18,20). The van der Waals surface area contributed by atoms with E-state index in [0.717, 1.165) is 28.6 Å². The van der Waals surface area contributed by atoms with Crippen LogP contribution in [-0.4, -0.2) is 32.2 Å². The average Bonchev–Trinajstić information content (AvgIpc) is 2.49. The zero-order chi connectivity index (χ0) is 17.0. The molecule has 2 aromatic carbocycles. The lowest BCUT2D eigenvalue weighted by molar-refractivity contribution is -0.116. The SMILES string of the molecule is CN(CC(=O)Nc1ccc(F)cc1)S(=O)(=O)c1ccccc1F. The van der Waals surface area contributed by atoms with Gasteiger partial charge in [0.2, 0.25) is 15.9 Å². The Morgan fingerprint density at radius 3 is 2.30 bits per heavy atom. The Labute approximate surface area is 132 Å². The van der Waals surface area contributed by atoms with Crippen LogP contribution in [0, 0.1) is 11.6 Å². The van der Waals surface area contributed by atoms with E-state index in [9.17, 15) is 22.0 Å². The van der Waals surface area contributed by atoms with Crippen LogP contribution in [0.4, 0.5) is 14.5 Å². The quantitative estimate of drug-likeness (QED) is 0.908. The monoisotopic (exact) mass is 340 g/mol. The summed E-state index contributed by atoms with van der Waals surface area (Å²) in [5.41, 5.74) is 0.327. The van der Waals surface area contributed by atoms with Gasteiger partial charge in [0, 0.05) is 12.7 Å². The van der Waals surface area contributed by atoms with E-state index in [-0.39, 0.29) is 0 Å². The molecule has 5 nitrogen and oxygen atoms in total. The van der Waals surface area contributed by atoms with Crippen LogP contribution >= 0.6 is 0 Å². The Morgan fingerprint density at radius 1 is 1.09 bits per heavy atom. The van der Waals surface area contributed by atoms with Gasteiger partial charge in [0.25, 0.3) is 0 Å². The predicted molar refractivity (Wildman–Crippen MR) is 81.2 cm³/mol. The van der Waals surface area contributed by atoms with Crippen LogP contribution in [0.1, 0.15) is 0 Å². The Bertz CT molecular complexity index is 808. The topological polar surface area (TPSA) is 66.5 Å². The van der Waals surface area contributed by atoms with Gasteiger partial charge < -0.3 is 5.32 Å². The van der Waals surface area contributed by atoms with Crippen molar-refractivity contribution in [1.82, 2.24) is 4.31 Å². The number of carbonyl (C=O) groups is 1. The van der Waals surface area contributed by atoms with Gasteiger partial charge in [-0.1, -0.05) is 12.1 Å². The fourth-order valence-corrected chi connectivity index (χ4v) is 3.03. The molecule has 2 aromatic rings. The van der Waals surface area contributed by atoms with Crippen LogP contribution in [0.5, 0.6) is 0 Å². The second kappa shape index (κ2) is 6.84. The highest BCUT2D eigenvalue weighted by Crippen LogP contribution is 2.17. The van der Waals surface area contributed by atoms with Gasteiger partial charge in [0.15, 0.2) is 0 Å². The van der Waals surface area contributed by atoms with E-state index in [1.807, 2.05) is 0 Å². The summed E-state index contributed by atoms with van der Waals surface area (Å²) in [4.78, 5) is 11.4. The molecule has 0 saturated heterocycles. The number of halogens is 2. The molecule has 0 aliphatic rings. The number of hydrogen-bond acceptors (Lipinski definition) is 3. The van der Waals surface area contributed by atoms with Gasteiger partial charge in [0.05, 0.1) is 6.54 Å². The zero-order valence-electron chi connectivity index (χ0n) is 12.2. The Balaban J connectivity index is 2.08. The molecule has 0 unspecified atom stereocenters. The van der Waals surface area contributed by atoms with E-state index in [4.69, 9.17) is 0 Å². The second-order valence-corrected chi connectivity index (χ2v) is 6.76. The maximum Gasteiger partial charge on any atom is 0.246 e. The number of benzene rings is 2. The largest absolute Gasteiger partial charge is 0.325 e. The van der Waals surface area contributed by atoms with Crippen molar-refractivity contribution in [2.75, 3.05) is 18.9 Å². The Morgan fingerprint density at radius 2 is 1.70 bits per heavy atom. The van der Waals surface area contributed by atoms with Gasteiger partial charge in [-0.15, -0.1) is 0 Å². The maximum atomic E-state index is 13.6. The molecule has 1 amide bonds. The van der Waals surface area contributed by atoms with E-state index in [2.05, 4.69) is 5.32 Å². The maximum absolute atomic E-state index is 13.6. The first-order chi connectivity index (χ1) is 10.8. The van der Waals surface area contributed by atoms with E-state index in [1.165, 1.54) is 31.3 Å². The zero-order valence-corrected chi connectivity index (χ0v) is 13.0. The van der Waals surface area contributed by atoms with Gasteiger partial charge in [-0.05, 0) is 36.4 Å². The molecular weight excluding hydrogens is 326 g/mol. The first kappa shape index (κ1) is 17.0. The second-order valence-electron chi connectivity index (χ2n) is 4.75. The van der Waals surface area contributed by atoms with Gasteiger partial charge in [0.1, 0.15) is 16.5 Å². The van der Waals surface area contributed by atoms with E-state index in [0.29, 0.717) is 5.69 Å². The predicted octanol–water partition coefficient (Wildman–Crippen LogP) is 2.22. The number of likely N-dealkylation sites (N-methyl/N-ethyl adjacent to an activating group) is 1. The molecule has 2 rings (SSSR count). The molecule has 0 radical (unpaired) electrons. The van der Waals surface area contributed by atoms with Crippen molar-refractivity contribution in [3.63, 3.8) is 0 Å². The van der Waals surface area contributed by atoms with Gasteiger partial charge >= 0.3 is 0 Å². The van der Waals surface area contributed by atoms with Crippen molar-refractivity contribution in [1.29, 1.82) is 0 Å². The van der Waals surface area contributed by atoms with Crippen LogP contribution in [0.2, 0.25) is 0 Å². The molecule has 0 bridgehead atoms. The summed E-state index contributed by atoms with van der Waals surface area (Å²) in [6, 6.07) is 9.93. The van der Waals surface area contributed by atoms with Crippen molar-refractivity contribution in [2.24, 2.45) is 0 Å². The lowest BCUT2D eigenvalue weighted by Gasteiger charge is -2.17. The average molecular weight is 340 g/mol. The molecule has 0 aliphatic carbocycles. The number of anilines is 1. The number of amides is 1. The number of nitrogens with one attached hydrogen (secondary N) is 1. The van der Waals surface area contributed by atoms with Crippen LogP contribution in [0.3, 0.4) is 0 Å². The number of nitrogens with zero attached hydrogens (tertiary/aromatic N) is 1. The molecule has 0 aliphatic heterocycles. The minimum absolute atomic E-state index is 0.327. The number of carbonyl (C=O) groups excluding carboxylic acids is 1. The number of rotatable bonds is 5. The highest BCUT2D eigenvalue weighted by molar-refractivity contribution is 7.89. The molecule has 122 valence electrons. The third-order valence-corrected chi connectivity index (χ3v) is 4.86. The van der Waals surface area contributed by atoms with Crippen LogP contribution in [-0.2, 0) is 14.8 Å². The summed E-state index contributed by atoms with van der Waals surface area (Å²) < 4.78 is 51.6. The first-order valence-electron chi connectivity index (χ1n) is 6.57. The van der Waals surface area contributed by atoms with Crippen LogP contribution in [0.15, 0.2) is 53.4 Å². The summed E-state index contributed by atoms with van der Waals surface area (Å²) in [7, 11) is -2.95. The minimum Gasteiger partial charge on any atom is -0.325 e. The molecule has 0 spiro atoms. The van der Waals surface area contributed by atoms with Gasteiger partial charge in [-0.3, -0.25) is 4.79 Å². The fraction of sp³-hybridized carbons (Fsp3) is 0.133. The first-order valence-corrected chi connectivity index (χ1v) is 8.01. The van der Waals surface area contributed by atoms with Crippen molar-refractivity contribution in [3.8, 4) is 0 Å². The summed E-state index contributed by atoms with van der Waals surface area (Å²) >= 11 is 0. The van der Waals surface area contributed by atoms with Crippen LogP contribution in [0.25, 0.3) is 0 Å². The summed E-state index contributed by atoms with van der Waals surface area (Å²) in [5, 5.41) is 2.43.